The van der Waals surface area contributed by atoms with Crippen molar-refractivity contribution in [1.29, 1.82) is 0 Å². The van der Waals surface area contributed by atoms with Crippen LogP contribution in [0.15, 0.2) is 18.6 Å². The van der Waals surface area contributed by atoms with E-state index in [0.717, 1.165) is 0 Å². The molecular weight excluding hydrogens is 184 g/mol. The molecule has 1 unspecified atom stereocenters. The van der Waals surface area contributed by atoms with Gasteiger partial charge < -0.3 is 10.4 Å². The molecule has 3 N–H and O–H groups in total. The van der Waals surface area contributed by atoms with Crippen molar-refractivity contribution in [2.75, 3.05) is 11.9 Å². The van der Waals surface area contributed by atoms with Gasteiger partial charge in [-0.3, -0.25) is 10.3 Å². The third kappa shape index (κ3) is 3.81. The van der Waals surface area contributed by atoms with Gasteiger partial charge in [-0.1, -0.05) is 0 Å². The number of aliphatic hydroxyl groups is 1. The van der Waals surface area contributed by atoms with Gasteiger partial charge >= 0.3 is 6.03 Å². The molecule has 6 heteroatoms. The Morgan fingerprint density at radius 3 is 3.00 bits per heavy atom. The Morgan fingerprint density at radius 2 is 2.43 bits per heavy atom. The average molecular weight is 196 g/mol. The summed E-state index contributed by atoms with van der Waals surface area (Å²) in [5, 5.41) is 13.8. The number of rotatable bonds is 3. The number of hydrogen-bond donors (Lipinski definition) is 3. The zero-order valence-electron chi connectivity index (χ0n) is 7.77. The van der Waals surface area contributed by atoms with Crippen LogP contribution < -0.4 is 10.6 Å². The predicted molar refractivity (Wildman–Crippen MR) is 50.7 cm³/mol. The van der Waals surface area contributed by atoms with Gasteiger partial charge in [0.25, 0.3) is 0 Å². The van der Waals surface area contributed by atoms with Crippen molar-refractivity contribution in [3.05, 3.63) is 18.6 Å². The Morgan fingerprint density at radius 1 is 1.64 bits per heavy atom. The molecule has 0 aliphatic heterocycles. The van der Waals surface area contributed by atoms with Gasteiger partial charge in [-0.25, -0.2) is 9.78 Å². The molecular formula is C8H12N4O2. The van der Waals surface area contributed by atoms with Gasteiger partial charge in [-0.05, 0) is 6.92 Å². The molecule has 1 heterocycles. The van der Waals surface area contributed by atoms with Crippen LogP contribution >= 0.6 is 0 Å². The van der Waals surface area contributed by atoms with Crippen molar-refractivity contribution in [1.82, 2.24) is 15.3 Å². The Kier molecular flexibility index (Phi) is 3.81. The first-order valence-corrected chi connectivity index (χ1v) is 4.17. The smallest absolute Gasteiger partial charge is 0.320 e. The summed E-state index contributed by atoms with van der Waals surface area (Å²) in [4.78, 5) is 18.7. The summed E-state index contributed by atoms with van der Waals surface area (Å²) in [6, 6.07) is -0.411. The summed E-state index contributed by atoms with van der Waals surface area (Å²) < 4.78 is 0. The van der Waals surface area contributed by atoms with Gasteiger partial charge in [0.15, 0.2) is 5.82 Å². The SMILES string of the molecule is CC(O)CNC(=O)Nc1cnccn1. The van der Waals surface area contributed by atoms with Crippen LogP contribution in [0, 0.1) is 0 Å². The highest BCUT2D eigenvalue weighted by molar-refractivity contribution is 5.87. The highest BCUT2D eigenvalue weighted by Crippen LogP contribution is 1.95. The topological polar surface area (TPSA) is 87.1 Å². The second kappa shape index (κ2) is 5.13. The molecule has 0 aliphatic rings. The van der Waals surface area contributed by atoms with E-state index in [1.165, 1.54) is 18.6 Å². The molecule has 1 rings (SSSR count). The average Bonchev–Trinajstić information content (AvgIpc) is 2.16. The Hall–Kier alpha value is -1.69. The van der Waals surface area contributed by atoms with Gasteiger partial charge in [0, 0.05) is 18.9 Å². The highest BCUT2D eigenvalue weighted by Gasteiger charge is 2.02. The number of aromatic nitrogens is 2. The van der Waals surface area contributed by atoms with E-state index in [0.29, 0.717) is 5.82 Å². The minimum atomic E-state index is -0.567. The summed E-state index contributed by atoms with van der Waals surface area (Å²) in [6.45, 7) is 1.79. The van der Waals surface area contributed by atoms with Crippen molar-refractivity contribution in [2.45, 2.75) is 13.0 Å². The lowest BCUT2D eigenvalue weighted by Crippen LogP contribution is -2.34. The standard InChI is InChI=1S/C8H12N4O2/c1-6(13)4-11-8(14)12-7-5-9-2-3-10-7/h2-3,5-6,13H,4H2,1H3,(H2,10,11,12,14). The lowest BCUT2D eigenvalue weighted by atomic mass is 10.4. The number of nitrogens with zero attached hydrogens (tertiary/aromatic N) is 2. The number of nitrogens with one attached hydrogen (secondary N) is 2. The van der Waals surface area contributed by atoms with E-state index < -0.39 is 12.1 Å². The van der Waals surface area contributed by atoms with Crippen molar-refractivity contribution >= 4 is 11.8 Å². The highest BCUT2D eigenvalue weighted by atomic mass is 16.3. The first kappa shape index (κ1) is 10.4. The lowest BCUT2D eigenvalue weighted by molar-refractivity contribution is 0.190. The monoisotopic (exact) mass is 196 g/mol. The lowest BCUT2D eigenvalue weighted by Gasteiger charge is -2.07. The maximum absolute atomic E-state index is 11.1. The molecule has 0 saturated heterocycles. The van der Waals surface area contributed by atoms with Crippen molar-refractivity contribution in [3.8, 4) is 0 Å². The van der Waals surface area contributed by atoms with Crippen molar-refractivity contribution < 1.29 is 9.90 Å². The number of carbonyl (C=O) groups excluding carboxylic acids is 1. The third-order valence-corrected chi connectivity index (χ3v) is 1.36. The molecule has 14 heavy (non-hydrogen) atoms. The molecule has 1 atom stereocenters. The quantitative estimate of drug-likeness (QED) is 0.634. The van der Waals surface area contributed by atoms with Crippen LogP contribution in [0.25, 0.3) is 0 Å². The summed E-state index contributed by atoms with van der Waals surface area (Å²) in [5.41, 5.74) is 0. The van der Waals surface area contributed by atoms with E-state index in [1.807, 2.05) is 0 Å². The molecule has 0 fully saturated rings. The minimum absolute atomic E-state index is 0.200. The van der Waals surface area contributed by atoms with E-state index in [1.54, 1.807) is 6.92 Å². The molecule has 6 nitrogen and oxygen atoms in total. The fourth-order valence-electron chi connectivity index (χ4n) is 0.765. The number of hydrogen-bond acceptors (Lipinski definition) is 4. The molecule has 0 radical (unpaired) electrons. The fraction of sp³-hybridized carbons (Fsp3) is 0.375. The van der Waals surface area contributed by atoms with Crippen LogP contribution in [0.3, 0.4) is 0 Å². The van der Waals surface area contributed by atoms with Crippen LogP contribution in [0.2, 0.25) is 0 Å². The number of amides is 2. The molecule has 0 spiro atoms. The molecule has 0 aromatic carbocycles. The van der Waals surface area contributed by atoms with Crippen molar-refractivity contribution in [2.24, 2.45) is 0 Å². The summed E-state index contributed by atoms with van der Waals surface area (Å²) in [6.07, 6.45) is 3.85. The molecule has 0 bridgehead atoms. The Labute approximate surface area is 81.4 Å². The maximum Gasteiger partial charge on any atom is 0.320 e. The molecule has 1 aromatic rings. The first-order chi connectivity index (χ1) is 6.68. The molecule has 76 valence electrons. The summed E-state index contributed by atoms with van der Waals surface area (Å²) >= 11 is 0. The van der Waals surface area contributed by atoms with E-state index >= 15 is 0 Å². The fourth-order valence-corrected chi connectivity index (χ4v) is 0.765. The molecule has 0 saturated carbocycles. The number of urea groups is 1. The van der Waals surface area contributed by atoms with Crippen LogP contribution in [0.5, 0.6) is 0 Å². The number of anilines is 1. The second-order valence-corrected chi connectivity index (χ2v) is 2.77. The minimum Gasteiger partial charge on any atom is -0.392 e. The van der Waals surface area contributed by atoms with Gasteiger partial charge in [0.1, 0.15) is 0 Å². The van der Waals surface area contributed by atoms with Gasteiger partial charge in [-0.2, -0.15) is 0 Å². The molecule has 1 aromatic heterocycles. The second-order valence-electron chi connectivity index (χ2n) is 2.77. The normalized spacial score (nSPS) is 11.9. The van der Waals surface area contributed by atoms with E-state index in [2.05, 4.69) is 20.6 Å². The zero-order chi connectivity index (χ0) is 10.4. The third-order valence-electron chi connectivity index (χ3n) is 1.36. The van der Waals surface area contributed by atoms with Crippen molar-refractivity contribution in [3.63, 3.8) is 0 Å². The van der Waals surface area contributed by atoms with E-state index in [9.17, 15) is 4.79 Å². The predicted octanol–water partition coefficient (Wildman–Crippen LogP) is -0.0211. The molecule has 2 amide bonds. The van der Waals surface area contributed by atoms with Crippen LogP contribution in [0.1, 0.15) is 6.92 Å². The van der Waals surface area contributed by atoms with Gasteiger partial charge in [0.05, 0.1) is 12.3 Å². The van der Waals surface area contributed by atoms with E-state index in [-0.39, 0.29) is 6.54 Å². The maximum atomic E-state index is 11.1. The largest absolute Gasteiger partial charge is 0.392 e. The Bertz CT molecular complexity index is 289. The number of aliphatic hydroxyl groups excluding tert-OH is 1. The number of carbonyl (C=O) groups is 1. The zero-order valence-corrected chi connectivity index (χ0v) is 7.77. The van der Waals surface area contributed by atoms with Gasteiger partial charge in [-0.15, -0.1) is 0 Å². The van der Waals surface area contributed by atoms with Crippen LogP contribution in [-0.4, -0.2) is 33.8 Å². The van der Waals surface area contributed by atoms with E-state index in [4.69, 9.17) is 5.11 Å². The van der Waals surface area contributed by atoms with Crippen LogP contribution in [-0.2, 0) is 0 Å². The summed E-state index contributed by atoms with van der Waals surface area (Å²) in [5.74, 6) is 0.371. The summed E-state index contributed by atoms with van der Waals surface area (Å²) in [7, 11) is 0. The molecule has 0 aliphatic carbocycles. The Balaban J connectivity index is 2.35. The first-order valence-electron chi connectivity index (χ1n) is 4.17. The van der Waals surface area contributed by atoms with Gasteiger partial charge in [0.2, 0.25) is 0 Å². The van der Waals surface area contributed by atoms with Crippen LogP contribution in [0.4, 0.5) is 10.6 Å².